The van der Waals surface area contributed by atoms with E-state index in [0.717, 1.165) is 32.7 Å². The van der Waals surface area contributed by atoms with E-state index in [1.54, 1.807) is 0 Å². The summed E-state index contributed by atoms with van der Waals surface area (Å²) in [5.74, 6) is 2.44. The Morgan fingerprint density at radius 1 is 1.50 bits per heavy atom. The molecule has 1 aliphatic rings. The maximum atomic E-state index is 5.88. The minimum Gasteiger partial charge on any atom is -0.376 e. The Kier molecular flexibility index (Phi) is 7.45. The summed E-state index contributed by atoms with van der Waals surface area (Å²) in [4.78, 5) is 2.52. The predicted molar refractivity (Wildman–Crippen MR) is 72.1 cm³/mol. The Balaban J connectivity index is 2.32. The van der Waals surface area contributed by atoms with Gasteiger partial charge in [-0.3, -0.25) is 4.90 Å². The molecule has 2 unspecified atom stereocenters. The second-order valence-electron chi connectivity index (χ2n) is 4.27. The number of hydrogen-bond donors (Lipinski definition) is 1. The standard InChI is InChI=1S/C12H26N2OS/c1-3-12-10-14(6-7-15-12)11(9-13)5-8-16-4-2/h11-12H,3-10,13H2,1-2H3. The topological polar surface area (TPSA) is 38.5 Å². The summed E-state index contributed by atoms with van der Waals surface area (Å²) in [6, 6.07) is 0.553. The van der Waals surface area contributed by atoms with Gasteiger partial charge in [0, 0.05) is 25.7 Å². The van der Waals surface area contributed by atoms with Crippen LogP contribution in [0.15, 0.2) is 0 Å². The zero-order valence-electron chi connectivity index (χ0n) is 10.7. The van der Waals surface area contributed by atoms with Gasteiger partial charge in [-0.2, -0.15) is 11.8 Å². The van der Waals surface area contributed by atoms with E-state index in [0.29, 0.717) is 12.1 Å². The zero-order chi connectivity index (χ0) is 11.8. The van der Waals surface area contributed by atoms with Gasteiger partial charge in [-0.15, -0.1) is 0 Å². The highest BCUT2D eigenvalue weighted by molar-refractivity contribution is 7.99. The number of rotatable bonds is 7. The Bertz CT molecular complexity index is 180. The lowest BCUT2D eigenvalue weighted by molar-refractivity contribution is -0.0434. The monoisotopic (exact) mass is 246 g/mol. The van der Waals surface area contributed by atoms with E-state index in [9.17, 15) is 0 Å². The van der Waals surface area contributed by atoms with Crippen molar-refractivity contribution >= 4 is 11.8 Å². The largest absolute Gasteiger partial charge is 0.376 e. The van der Waals surface area contributed by atoms with Crippen LogP contribution >= 0.6 is 11.8 Å². The molecular weight excluding hydrogens is 220 g/mol. The molecule has 1 rings (SSSR count). The van der Waals surface area contributed by atoms with E-state index in [1.165, 1.54) is 17.9 Å². The number of nitrogens with two attached hydrogens (primary N) is 1. The molecule has 0 aromatic rings. The van der Waals surface area contributed by atoms with Crippen LogP contribution in [0.4, 0.5) is 0 Å². The van der Waals surface area contributed by atoms with Crippen molar-refractivity contribution in [3.8, 4) is 0 Å². The Morgan fingerprint density at radius 2 is 2.31 bits per heavy atom. The first-order valence-corrected chi connectivity index (χ1v) is 7.60. The molecule has 0 radical (unpaired) electrons. The molecule has 4 heteroatoms. The molecule has 0 bridgehead atoms. The molecule has 16 heavy (non-hydrogen) atoms. The summed E-state index contributed by atoms with van der Waals surface area (Å²) in [6.45, 7) is 8.17. The molecule has 1 aliphatic heterocycles. The van der Waals surface area contributed by atoms with Crippen LogP contribution in [-0.2, 0) is 4.74 Å². The lowest BCUT2D eigenvalue weighted by Gasteiger charge is -2.37. The van der Waals surface area contributed by atoms with E-state index >= 15 is 0 Å². The fourth-order valence-corrected chi connectivity index (χ4v) is 2.86. The summed E-state index contributed by atoms with van der Waals surface area (Å²) in [7, 11) is 0. The Labute approximate surface area is 104 Å². The lowest BCUT2D eigenvalue weighted by atomic mass is 10.1. The van der Waals surface area contributed by atoms with Crippen molar-refractivity contribution in [1.29, 1.82) is 0 Å². The van der Waals surface area contributed by atoms with E-state index < -0.39 is 0 Å². The molecule has 1 fully saturated rings. The summed E-state index contributed by atoms with van der Waals surface area (Å²) in [5.41, 5.74) is 5.88. The lowest BCUT2D eigenvalue weighted by Crippen LogP contribution is -2.50. The molecule has 0 aromatic carbocycles. The second kappa shape index (κ2) is 8.34. The van der Waals surface area contributed by atoms with Gasteiger partial charge >= 0.3 is 0 Å². The van der Waals surface area contributed by atoms with Gasteiger partial charge in [0.2, 0.25) is 0 Å². The third-order valence-electron chi connectivity index (χ3n) is 3.21. The van der Waals surface area contributed by atoms with Crippen molar-refractivity contribution in [2.45, 2.75) is 38.8 Å². The van der Waals surface area contributed by atoms with Crippen molar-refractivity contribution in [2.24, 2.45) is 5.73 Å². The molecular formula is C12H26N2OS. The van der Waals surface area contributed by atoms with Crippen LogP contribution in [0.1, 0.15) is 26.7 Å². The van der Waals surface area contributed by atoms with E-state index in [1.807, 2.05) is 11.8 Å². The van der Waals surface area contributed by atoms with E-state index in [-0.39, 0.29) is 0 Å². The molecule has 0 amide bonds. The highest BCUT2D eigenvalue weighted by Crippen LogP contribution is 2.15. The van der Waals surface area contributed by atoms with Crippen molar-refractivity contribution in [2.75, 3.05) is 37.7 Å². The van der Waals surface area contributed by atoms with Gasteiger partial charge in [-0.25, -0.2) is 0 Å². The maximum Gasteiger partial charge on any atom is 0.0700 e. The molecule has 0 spiro atoms. The Hall–Kier alpha value is 0.230. The van der Waals surface area contributed by atoms with Crippen LogP contribution in [0.3, 0.4) is 0 Å². The minimum atomic E-state index is 0.418. The number of hydrogen-bond acceptors (Lipinski definition) is 4. The highest BCUT2D eigenvalue weighted by Gasteiger charge is 2.24. The molecule has 96 valence electrons. The SMILES string of the molecule is CCSCCC(CN)N1CCOC(CC)C1. The first-order valence-electron chi connectivity index (χ1n) is 6.45. The first-order chi connectivity index (χ1) is 7.81. The van der Waals surface area contributed by atoms with Crippen LogP contribution in [0.2, 0.25) is 0 Å². The van der Waals surface area contributed by atoms with Crippen molar-refractivity contribution in [3.05, 3.63) is 0 Å². The van der Waals surface area contributed by atoms with Crippen molar-refractivity contribution < 1.29 is 4.74 Å². The molecule has 2 N–H and O–H groups in total. The number of ether oxygens (including phenoxy) is 1. The normalized spacial score (nSPS) is 24.6. The molecule has 1 heterocycles. The molecule has 1 saturated heterocycles. The maximum absolute atomic E-state index is 5.88. The second-order valence-corrected chi connectivity index (χ2v) is 5.66. The van der Waals surface area contributed by atoms with Crippen LogP contribution < -0.4 is 5.73 Å². The van der Waals surface area contributed by atoms with Gasteiger partial charge in [0.05, 0.1) is 12.7 Å². The number of thioether (sulfide) groups is 1. The van der Waals surface area contributed by atoms with Gasteiger partial charge in [-0.1, -0.05) is 13.8 Å². The van der Waals surface area contributed by atoms with Crippen molar-refractivity contribution in [3.63, 3.8) is 0 Å². The van der Waals surface area contributed by atoms with E-state index in [4.69, 9.17) is 10.5 Å². The molecule has 0 aromatic heterocycles. The highest BCUT2D eigenvalue weighted by atomic mass is 32.2. The van der Waals surface area contributed by atoms with Crippen molar-refractivity contribution in [1.82, 2.24) is 4.90 Å². The number of morpholine rings is 1. The fourth-order valence-electron chi connectivity index (χ4n) is 2.13. The summed E-state index contributed by atoms with van der Waals surface area (Å²) >= 11 is 2.01. The fraction of sp³-hybridized carbons (Fsp3) is 1.00. The predicted octanol–water partition coefficient (Wildman–Crippen LogP) is 1.57. The minimum absolute atomic E-state index is 0.418. The average Bonchev–Trinajstić information content (AvgIpc) is 2.35. The molecule has 3 nitrogen and oxygen atoms in total. The summed E-state index contributed by atoms with van der Waals surface area (Å²) in [6.07, 6.45) is 2.74. The van der Waals surface area contributed by atoms with Gasteiger partial charge in [0.25, 0.3) is 0 Å². The summed E-state index contributed by atoms with van der Waals surface area (Å²) in [5, 5.41) is 0. The quantitative estimate of drug-likeness (QED) is 0.692. The van der Waals surface area contributed by atoms with Gasteiger partial charge in [0.15, 0.2) is 0 Å². The van der Waals surface area contributed by atoms with Gasteiger partial charge < -0.3 is 10.5 Å². The Morgan fingerprint density at radius 3 is 2.94 bits per heavy atom. The van der Waals surface area contributed by atoms with E-state index in [2.05, 4.69) is 18.7 Å². The third kappa shape index (κ3) is 4.62. The van der Waals surface area contributed by atoms with Gasteiger partial charge in [0.1, 0.15) is 0 Å². The smallest absolute Gasteiger partial charge is 0.0700 e. The number of nitrogens with zero attached hydrogens (tertiary/aromatic N) is 1. The van der Waals surface area contributed by atoms with Crippen LogP contribution in [0, 0.1) is 0 Å². The zero-order valence-corrected chi connectivity index (χ0v) is 11.5. The van der Waals surface area contributed by atoms with Crippen LogP contribution in [0.25, 0.3) is 0 Å². The summed E-state index contributed by atoms with van der Waals surface area (Å²) < 4.78 is 5.69. The average molecular weight is 246 g/mol. The molecule has 0 saturated carbocycles. The third-order valence-corrected chi connectivity index (χ3v) is 4.15. The van der Waals surface area contributed by atoms with Gasteiger partial charge in [-0.05, 0) is 24.3 Å². The first kappa shape index (κ1) is 14.3. The van der Waals surface area contributed by atoms with Crippen LogP contribution in [0.5, 0.6) is 0 Å². The molecule has 2 atom stereocenters. The molecule has 0 aliphatic carbocycles. The van der Waals surface area contributed by atoms with Crippen LogP contribution in [-0.4, -0.2) is 54.8 Å².